The van der Waals surface area contributed by atoms with Gasteiger partial charge in [-0.3, -0.25) is 4.68 Å². The minimum atomic E-state index is -4.57. The molecule has 0 aliphatic carbocycles. The van der Waals surface area contributed by atoms with Crippen molar-refractivity contribution in [1.29, 1.82) is 5.26 Å². The highest BCUT2D eigenvalue weighted by Gasteiger charge is 2.35. The van der Waals surface area contributed by atoms with E-state index in [0.717, 1.165) is 17.7 Å². The second-order valence-electron chi connectivity index (χ2n) is 5.48. The Morgan fingerprint density at radius 3 is 2.83 bits per heavy atom. The highest BCUT2D eigenvalue weighted by molar-refractivity contribution is 5.53. The number of ether oxygens (including phenoxy) is 1. The Morgan fingerprint density at radius 2 is 2.21 bits per heavy atom. The van der Waals surface area contributed by atoms with E-state index in [2.05, 4.69) is 15.4 Å². The monoisotopic (exact) mass is 337 g/mol. The molecule has 126 valence electrons. The number of nitrogens with zero attached hydrogens (tertiary/aromatic N) is 4. The number of alkyl halides is 3. The van der Waals surface area contributed by atoms with Gasteiger partial charge in [-0.2, -0.15) is 23.5 Å². The van der Waals surface area contributed by atoms with Gasteiger partial charge < -0.3 is 10.1 Å². The Hall–Kier alpha value is -2.60. The summed E-state index contributed by atoms with van der Waals surface area (Å²) in [5.74, 6) is -0.0864. The zero-order valence-corrected chi connectivity index (χ0v) is 12.7. The Kier molecular flexibility index (Phi) is 4.15. The van der Waals surface area contributed by atoms with Crippen LogP contribution in [0.2, 0.25) is 0 Å². The van der Waals surface area contributed by atoms with Crippen molar-refractivity contribution in [2.45, 2.75) is 24.7 Å². The molecule has 1 fully saturated rings. The van der Waals surface area contributed by atoms with E-state index in [1.165, 1.54) is 0 Å². The van der Waals surface area contributed by atoms with E-state index >= 15 is 0 Å². The molecule has 1 N–H and O–H groups in total. The van der Waals surface area contributed by atoms with Crippen molar-refractivity contribution in [1.82, 2.24) is 14.8 Å². The summed E-state index contributed by atoms with van der Waals surface area (Å²) in [6, 6.07) is 3.48. The maximum Gasteiger partial charge on any atom is 0.433 e. The maximum atomic E-state index is 12.9. The number of nitriles is 1. The molecule has 1 aliphatic rings. The third kappa shape index (κ3) is 3.19. The Balaban J connectivity index is 1.88. The minimum absolute atomic E-state index is 0.0554. The molecule has 24 heavy (non-hydrogen) atoms. The standard InChI is InChI=1S/C15H14F3N5O/c1-23-8-10(7-20-23)13-11(4-5-24-13)21-14-9(6-19)2-3-12(22-14)15(16,17)18/h2-3,7-8,11,13H,4-5H2,1H3,(H,21,22)/t11-,13+/m0/s1. The van der Waals surface area contributed by atoms with Crippen molar-refractivity contribution in [2.24, 2.45) is 7.05 Å². The van der Waals surface area contributed by atoms with Crippen LogP contribution >= 0.6 is 0 Å². The lowest BCUT2D eigenvalue weighted by Gasteiger charge is -2.20. The summed E-state index contributed by atoms with van der Waals surface area (Å²) >= 11 is 0. The summed E-state index contributed by atoms with van der Waals surface area (Å²) in [7, 11) is 1.77. The predicted octanol–water partition coefficient (Wildman–Crippen LogP) is 2.65. The zero-order valence-electron chi connectivity index (χ0n) is 12.7. The number of aromatic nitrogens is 3. The van der Waals surface area contributed by atoms with E-state index in [0.29, 0.717) is 13.0 Å². The largest absolute Gasteiger partial charge is 0.433 e. The first kappa shape index (κ1) is 16.3. The molecular formula is C15H14F3N5O. The van der Waals surface area contributed by atoms with Crippen LogP contribution in [0, 0.1) is 11.3 Å². The Labute approximate surface area is 135 Å². The highest BCUT2D eigenvalue weighted by atomic mass is 19.4. The van der Waals surface area contributed by atoms with Crippen molar-refractivity contribution < 1.29 is 17.9 Å². The molecule has 0 saturated carbocycles. The second-order valence-corrected chi connectivity index (χ2v) is 5.48. The van der Waals surface area contributed by atoms with Crippen LogP contribution in [0.5, 0.6) is 0 Å². The SMILES string of the molecule is Cn1cc([C@H]2OCC[C@@H]2Nc2nc(C(F)(F)F)ccc2C#N)cn1. The molecule has 0 radical (unpaired) electrons. The lowest BCUT2D eigenvalue weighted by molar-refractivity contribution is -0.141. The van der Waals surface area contributed by atoms with Crippen molar-refractivity contribution in [3.8, 4) is 6.07 Å². The molecule has 1 saturated heterocycles. The van der Waals surface area contributed by atoms with Crippen LogP contribution in [-0.2, 0) is 18.0 Å². The molecule has 3 rings (SSSR count). The quantitative estimate of drug-likeness (QED) is 0.932. The molecule has 1 aliphatic heterocycles. The van der Waals surface area contributed by atoms with Crippen LogP contribution in [0.1, 0.15) is 29.3 Å². The maximum absolute atomic E-state index is 12.9. The zero-order chi connectivity index (χ0) is 17.3. The number of hydrogen-bond acceptors (Lipinski definition) is 5. The summed E-state index contributed by atoms with van der Waals surface area (Å²) in [5.41, 5.74) is -0.168. The van der Waals surface area contributed by atoms with Gasteiger partial charge in [0.25, 0.3) is 0 Å². The van der Waals surface area contributed by atoms with Gasteiger partial charge in [0.05, 0.1) is 17.8 Å². The smallest absolute Gasteiger partial charge is 0.371 e. The molecule has 3 heterocycles. The lowest BCUT2D eigenvalue weighted by Crippen LogP contribution is -2.25. The van der Waals surface area contributed by atoms with Crippen LogP contribution in [0.15, 0.2) is 24.5 Å². The molecule has 2 aromatic rings. The van der Waals surface area contributed by atoms with Crippen LogP contribution in [0.25, 0.3) is 0 Å². The fraction of sp³-hybridized carbons (Fsp3) is 0.400. The fourth-order valence-electron chi connectivity index (χ4n) is 2.65. The highest BCUT2D eigenvalue weighted by Crippen LogP contribution is 2.33. The molecule has 0 amide bonds. The molecule has 2 atom stereocenters. The summed E-state index contributed by atoms with van der Waals surface area (Å²) in [6.45, 7) is 0.456. The Bertz CT molecular complexity index is 780. The first-order valence-electron chi connectivity index (χ1n) is 7.23. The predicted molar refractivity (Wildman–Crippen MR) is 77.9 cm³/mol. The van der Waals surface area contributed by atoms with Gasteiger partial charge >= 0.3 is 6.18 Å². The number of aryl methyl sites for hydroxylation is 1. The summed E-state index contributed by atoms with van der Waals surface area (Å²) in [6.07, 6.45) is -0.909. The van der Waals surface area contributed by atoms with Crippen LogP contribution in [-0.4, -0.2) is 27.4 Å². The van der Waals surface area contributed by atoms with Gasteiger partial charge in [0.1, 0.15) is 23.7 Å². The molecule has 2 aromatic heterocycles. The first-order valence-corrected chi connectivity index (χ1v) is 7.23. The average Bonchev–Trinajstić information content (AvgIpc) is 3.15. The molecular weight excluding hydrogens is 323 g/mol. The van der Waals surface area contributed by atoms with E-state index in [9.17, 15) is 13.2 Å². The van der Waals surface area contributed by atoms with Crippen LogP contribution in [0.4, 0.5) is 19.0 Å². The number of pyridine rings is 1. The van der Waals surface area contributed by atoms with Gasteiger partial charge in [-0.1, -0.05) is 0 Å². The van der Waals surface area contributed by atoms with Crippen molar-refractivity contribution in [3.63, 3.8) is 0 Å². The first-order chi connectivity index (χ1) is 11.4. The number of hydrogen-bond donors (Lipinski definition) is 1. The lowest BCUT2D eigenvalue weighted by atomic mass is 10.1. The third-order valence-corrected chi connectivity index (χ3v) is 3.77. The summed E-state index contributed by atoms with van der Waals surface area (Å²) in [4.78, 5) is 3.58. The summed E-state index contributed by atoms with van der Waals surface area (Å²) in [5, 5.41) is 16.1. The Morgan fingerprint density at radius 1 is 1.42 bits per heavy atom. The topological polar surface area (TPSA) is 75.8 Å². The average molecular weight is 337 g/mol. The second kappa shape index (κ2) is 6.13. The number of nitrogens with one attached hydrogen (secondary N) is 1. The normalized spacial score (nSPS) is 20.8. The van der Waals surface area contributed by atoms with E-state index in [1.807, 2.05) is 6.07 Å². The van der Waals surface area contributed by atoms with Gasteiger partial charge in [-0.15, -0.1) is 0 Å². The number of halogens is 3. The molecule has 0 bridgehead atoms. The fourth-order valence-corrected chi connectivity index (χ4v) is 2.65. The van der Waals surface area contributed by atoms with E-state index < -0.39 is 11.9 Å². The van der Waals surface area contributed by atoms with Gasteiger partial charge in [0.2, 0.25) is 0 Å². The van der Waals surface area contributed by atoms with Crippen molar-refractivity contribution in [2.75, 3.05) is 11.9 Å². The van der Waals surface area contributed by atoms with E-state index in [4.69, 9.17) is 10.00 Å². The molecule has 9 heteroatoms. The molecule has 0 spiro atoms. The van der Waals surface area contributed by atoms with Crippen molar-refractivity contribution >= 4 is 5.82 Å². The van der Waals surface area contributed by atoms with Gasteiger partial charge in [-0.25, -0.2) is 4.98 Å². The van der Waals surface area contributed by atoms with E-state index in [1.54, 1.807) is 24.1 Å². The molecule has 0 unspecified atom stereocenters. The molecule has 0 aromatic carbocycles. The van der Waals surface area contributed by atoms with E-state index in [-0.39, 0.29) is 23.5 Å². The molecule has 6 nitrogen and oxygen atoms in total. The third-order valence-electron chi connectivity index (χ3n) is 3.77. The van der Waals surface area contributed by atoms with Crippen LogP contribution in [0.3, 0.4) is 0 Å². The van der Waals surface area contributed by atoms with Gasteiger partial charge in [0.15, 0.2) is 0 Å². The van der Waals surface area contributed by atoms with Gasteiger partial charge in [-0.05, 0) is 18.6 Å². The van der Waals surface area contributed by atoms with Crippen molar-refractivity contribution in [3.05, 3.63) is 41.3 Å². The number of anilines is 1. The minimum Gasteiger partial charge on any atom is -0.371 e. The number of rotatable bonds is 3. The van der Waals surface area contributed by atoms with Gasteiger partial charge in [0, 0.05) is 25.4 Å². The summed E-state index contributed by atoms with van der Waals surface area (Å²) < 4.78 is 45.8. The van der Waals surface area contributed by atoms with Crippen LogP contribution < -0.4 is 5.32 Å².